The summed E-state index contributed by atoms with van der Waals surface area (Å²) < 4.78 is 19.7. The first kappa shape index (κ1) is 27.8. The molecule has 31 heavy (non-hydrogen) atoms. The van der Waals surface area contributed by atoms with Crippen LogP contribution in [0.25, 0.3) is 0 Å². The Balaban J connectivity index is 2.35. The summed E-state index contributed by atoms with van der Waals surface area (Å²) >= 11 is 0. The largest absolute Gasteiger partial charge is 0.481 e. The Labute approximate surface area is 185 Å². The average Bonchev–Trinajstić information content (AvgIpc) is 2.72. The van der Waals surface area contributed by atoms with E-state index in [9.17, 15) is 19.3 Å². The maximum Gasteiger partial charge on any atom is 0.469 e. The van der Waals surface area contributed by atoms with E-state index in [2.05, 4.69) is 23.6 Å². The predicted molar refractivity (Wildman–Crippen MR) is 117 cm³/mol. The van der Waals surface area contributed by atoms with Crippen LogP contribution in [-0.4, -0.2) is 40.0 Å². The molecule has 0 heterocycles. The minimum Gasteiger partial charge on any atom is -0.481 e. The van der Waals surface area contributed by atoms with Gasteiger partial charge in [0.15, 0.2) is 0 Å². The number of phosphoric acid groups is 1. The van der Waals surface area contributed by atoms with Crippen molar-refractivity contribution in [1.29, 1.82) is 0 Å². The van der Waals surface area contributed by atoms with Crippen LogP contribution in [0.1, 0.15) is 78.1 Å². The third kappa shape index (κ3) is 12.4. The highest BCUT2D eigenvalue weighted by Gasteiger charge is 2.25. The number of esters is 1. The smallest absolute Gasteiger partial charge is 0.469 e. The molecular weight excluding hydrogens is 423 g/mol. The molecule has 3 unspecified atom stereocenters. The number of carbonyl (C=O) groups is 2. The quantitative estimate of drug-likeness (QED) is 0.138. The number of carbonyl (C=O) groups excluding carboxylic acids is 1. The molecule has 3 N–H and O–H groups in total. The lowest BCUT2D eigenvalue weighted by Crippen LogP contribution is -2.23. The molecular formula is C22H39O8P. The minimum absolute atomic E-state index is 0.154. The van der Waals surface area contributed by atoms with Gasteiger partial charge in [-0.1, -0.05) is 64.5 Å². The molecule has 0 radical (unpaired) electrons. The SMILES string of the molecule is CCC(CC=CCCC(CC(C)C(=O)OCCOP(=O)(O)O)C(=O)O)C1CCCCC1. The lowest BCUT2D eigenvalue weighted by molar-refractivity contribution is -0.150. The molecule has 9 heteroatoms. The number of carboxylic acid groups (broad SMARTS) is 1. The second-order valence-electron chi connectivity index (χ2n) is 8.51. The Morgan fingerprint density at radius 1 is 1.13 bits per heavy atom. The summed E-state index contributed by atoms with van der Waals surface area (Å²) in [5, 5.41) is 9.48. The summed E-state index contributed by atoms with van der Waals surface area (Å²) in [7, 11) is -4.60. The standard InChI is InChI=1S/C22H39O8P/c1-3-18(19-11-7-5-8-12-19)10-6-4-9-13-20(21(23)24)16-17(2)22(25)29-14-15-30-31(26,27)28/h4,6,17-20H,3,5,7-16H2,1-2H3,(H,23,24)(H2,26,27,28). The van der Waals surface area contributed by atoms with E-state index in [1.54, 1.807) is 6.92 Å². The fourth-order valence-corrected chi connectivity index (χ4v) is 4.60. The first-order chi connectivity index (χ1) is 14.6. The van der Waals surface area contributed by atoms with Gasteiger partial charge in [-0.25, -0.2) is 4.57 Å². The average molecular weight is 463 g/mol. The maximum absolute atomic E-state index is 12.0. The van der Waals surface area contributed by atoms with Crippen LogP contribution in [0, 0.1) is 23.7 Å². The molecule has 0 bridgehead atoms. The fraction of sp³-hybridized carbons (Fsp3) is 0.818. The van der Waals surface area contributed by atoms with E-state index in [1.165, 1.54) is 38.5 Å². The summed E-state index contributed by atoms with van der Waals surface area (Å²) in [4.78, 5) is 40.7. The Morgan fingerprint density at radius 2 is 1.81 bits per heavy atom. The van der Waals surface area contributed by atoms with Gasteiger partial charge in [-0.05, 0) is 37.5 Å². The monoisotopic (exact) mass is 462 g/mol. The van der Waals surface area contributed by atoms with Crippen LogP contribution in [0.3, 0.4) is 0 Å². The molecule has 3 atom stereocenters. The third-order valence-corrected chi connectivity index (χ3v) is 6.62. The first-order valence-electron chi connectivity index (χ1n) is 11.4. The molecule has 0 aromatic rings. The third-order valence-electron chi connectivity index (χ3n) is 6.10. The van der Waals surface area contributed by atoms with Crippen LogP contribution in [-0.2, 0) is 23.4 Å². The van der Waals surface area contributed by atoms with Crippen molar-refractivity contribution < 1.29 is 38.3 Å². The molecule has 0 aromatic heterocycles. The zero-order chi connectivity index (χ0) is 23.3. The molecule has 8 nitrogen and oxygen atoms in total. The van der Waals surface area contributed by atoms with Gasteiger partial charge < -0.3 is 19.6 Å². The summed E-state index contributed by atoms with van der Waals surface area (Å²) in [5.41, 5.74) is 0. The number of hydrogen-bond donors (Lipinski definition) is 3. The lowest BCUT2D eigenvalue weighted by Gasteiger charge is -2.28. The van der Waals surface area contributed by atoms with E-state index in [0.29, 0.717) is 18.8 Å². The number of phosphoric ester groups is 1. The highest BCUT2D eigenvalue weighted by atomic mass is 31.2. The Kier molecular flexibility index (Phi) is 13.3. The van der Waals surface area contributed by atoms with E-state index >= 15 is 0 Å². The number of ether oxygens (including phenoxy) is 1. The zero-order valence-electron chi connectivity index (χ0n) is 18.8. The molecule has 1 saturated carbocycles. The van der Waals surface area contributed by atoms with Crippen molar-refractivity contribution in [3.8, 4) is 0 Å². The molecule has 1 aliphatic rings. The van der Waals surface area contributed by atoms with Crippen molar-refractivity contribution in [2.45, 2.75) is 78.1 Å². The van der Waals surface area contributed by atoms with E-state index in [-0.39, 0.29) is 13.0 Å². The van der Waals surface area contributed by atoms with Crippen LogP contribution in [0.15, 0.2) is 12.2 Å². The van der Waals surface area contributed by atoms with Gasteiger partial charge in [-0.3, -0.25) is 14.1 Å². The number of hydrogen-bond acceptors (Lipinski definition) is 5. The van der Waals surface area contributed by atoms with Crippen molar-refractivity contribution >= 4 is 19.8 Å². The number of aliphatic carboxylic acids is 1. The predicted octanol–water partition coefficient (Wildman–Crippen LogP) is 4.70. The molecule has 1 fully saturated rings. The Bertz CT molecular complexity index is 609. The Hall–Kier alpha value is -1.21. The van der Waals surface area contributed by atoms with E-state index in [0.717, 1.165) is 12.3 Å². The van der Waals surface area contributed by atoms with Crippen molar-refractivity contribution in [2.24, 2.45) is 23.7 Å². The van der Waals surface area contributed by atoms with Crippen molar-refractivity contribution in [1.82, 2.24) is 0 Å². The van der Waals surface area contributed by atoms with Gasteiger partial charge in [0.2, 0.25) is 0 Å². The lowest BCUT2D eigenvalue weighted by atomic mass is 9.77. The van der Waals surface area contributed by atoms with Gasteiger partial charge in [0.25, 0.3) is 0 Å². The molecule has 0 aromatic carbocycles. The fourth-order valence-electron chi connectivity index (χ4n) is 4.29. The van der Waals surface area contributed by atoms with Gasteiger partial charge in [-0.15, -0.1) is 0 Å². The topological polar surface area (TPSA) is 130 Å². The molecule has 0 saturated heterocycles. The summed E-state index contributed by atoms with van der Waals surface area (Å²) in [6.45, 7) is 3.12. The van der Waals surface area contributed by atoms with Gasteiger partial charge >= 0.3 is 19.8 Å². The van der Waals surface area contributed by atoms with Crippen LogP contribution >= 0.6 is 7.82 Å². The van der Waals surface area contributed by atoms with Gasteiger partial charge in [0, 0.05) is 0 Å². The second kappa shape index (κ2) is 14.8. The molecule has 0 amide bonds. The summed E-state index contributed by atoms with van der Waals surface area (Å²) in [5.74, 6) is -1.30. The maximum atomic E-state index is 12.0. The highest BCUT2D eigenvalue weighted by Crippen LogP contribution is 2.35. The van der Waals surface area contributed by atoms with Gasteiger partial charge in [0.1, 0.15) is 6.61 Å². The van der Waals surface area contributed by atoms with Crippen molar-refractivity contribution in [3.05, 3.63) is 12.2 Å². The van der Waals surface area contributed by atoms with Gasteiger partial charge in [0.05, 0.1) is 18.4 Å². The molecule has 1 aliphatic carbocycles. The van der Waals surface area contributed by atoms with Crippen molar-refractivity contribution in [2.75, 3.05) is 13.2 Å². The number of rotatable bonds is 15. The van der Waals surface area contributed by atoms with Crippen LogP contribution < -0.4 is 0 Å². The number of allylic oxidation sites excluding steroid dienone is 2. The van der Waals surface area contributed by atoms with E-state index in [1.807, 2.05) is 0 Å². The normalized spacial score (nSPS) is 18.6. The Morgan fingerprint density at radius 3 is 2.39 bits per heavy atom. The van der Waals surface area contributed by atoms with Crippen molar-refractivity contribution in [3.63, 3.8) is 0 Å². The molecule has 1 rings (SSSR count). The zero-order valence-corrected chi connectivity index (χ0v) is 19.7. The van der Waals surface area contributed by atoms with Crippen LogP contribution in [0.4, 0.5) is 0 Å². The number of carboxylic acids is 1. The van der Waals surface area contributed by atoms with Crippen LogP contribution in [0.5, 0.6) is 0 Å². The molecule has 180 valence electrons. The molecule has 0 aliphatic heterocycles. The summed E-state index contributed by atoms with van der Waals surface area (Å²) in [6.07, 6.45) is 14.4. The first-order valence-corrected chi connectivity index (χ1v) is 12.9. The van der Waals surface area contributed by atoms with E-state index in [4.69, 9.17) is 14.5 Å². The van der Waals surface area contributed by atoms with Gasteiger partial charge in [-0.2, -0.15) is 0 Å². The van der Waals surface area contributed by atoms with Crippen LogP contribution in [0.2, 0.25) is 0 Å². The highest BCUT2D eigenvalue weighted by molar-refractivity contribution is 7.46. The minimum atomic E-state index is -4.60. The molecule has 0 spiro atoms. The summed E-state index contributed by atoms with van der Waals surface area (Å²) in [6, 6.07) is 0. The van der Waals surface area contributed by atoms with E-state index < -0.39 is 38.2 Å². The second-order valence-corrected chi connectivity index (χ2v) is 9.75.